The van der Waals surface area contributed by atoms with Gasteiger partial charge in [-0.3, -0.25) is 4.98 Å². The van der Waals surface area contributed by atoms with Crippen LogP contribution in [0.4, 0.5) is 19.1 Å². The van der Waals surface area contributed by atoms with Crippen LogP contribution in [0.5, 0.6) is 0 Å². The lowest BCUT2D eigenvalue weighted by molar-refractivity contribution is -0.160. The van der Waals surface area contributed by atoms with Gasteiger partial charge >= 0.3 is 6.18 Å². The molecule has 0 radical (unpaired) electrons. The number of alkyl halides is 3. The Balaban J connectivity index is 1.59. The van der Waals surface area contributed by atoms with Gasteiger partial charge in [0.2, 0.25) is 0 Å². The molecule has 1 atom stereocenters. The fourth-order valence-corrected chi connectivity index (χ4v) is 3.40. The summed E-state index contributed by atoms with van der Waals surface area (Å²) in [7, 11) is 0. The van der Waals surface area contributed by atoms with E-state index in [2.05, 4.69) is 30.1 Å². The predicted molar refractivity (Wildman–Crippen MR) is 107 cm³/mol. The molecular weight excluding hydrogens is 431 g/mol. The minimum Gasteiger partial charge on any atom is -0.409 e. The third-order valence-electron chi connectivity index (χ3n) is 4.18. The number of halogens is 3. The van der Waals surface area contributed by atoms with E-state index >= 15 is 0 Å². The highest BCUT2D eigenvalue weighted by Crippen LogP contribution is 2.36. The zero-order chi connectivity index (χ0) is 21.8. The number of aliphatic imine (C=N–C) groups is 1. The number of rotatable bonds is 5. The second-order valence-corrected chi connectivity index (χ2v) is 7.23. The average Bonchev–Trinajstić information content (AvgIpc) is 3.22. The molecule has 0 aliphatic heterocycles. The summed E-state index contributed by atoms with van der Waals surface area (Å²) in [6.07, 6.45) is 2.17. The van der Waals surface area contributed by atoms with Gasteiger partial charge in [-0.1, -0.05) is 24.3 Å². The predicted octanol–water partition coefficient (Wildman–Crippen LogP) is 4.21. The molecule has 0 amide bonds. The molecule has 3 aromatic rings. The Kier molecular flexibility index (Phi) is 5.80. The second-order valence-electron chi connectivity index (χ2n) is 6.26. The van der Waals surface area contributed by atoms with Crippen LogP contribution in [0.1, 0.15) is 12.1 Å². The summed E-state index contributed by atoms with van der Waals surface area (Å²) in [6.45, 7) is 0. The molecule has 1 aliphatic rings. The minimum atomic E-state index is -4.29. The van der Waals surface area contributed by atoms with Crippen molar-refractivity contribution in [1.82, 2.24) is 25.1 Å². The summed E-state index contributed by atoms with van der Waals surface area (Å²) in [5.74, 6) is -1.22. The number of pyridine rings is 1. The number of nitrogens with zero attached hydrogens (tertiary/aromatic N) is 6. The first-order chi connectivity index (χ1) is 14.9. The Morgan fingerprint density at radius 1 is 1.19 bits per heavy atom. The van der Waals surface area contributed by atoms with Gasteiger partial charge in [0.15, 0.2) is 0 Å². The molecule has 1 unspecified atom stereocenters. The van der Waals surface area contributed by atoms with Crippen molar-refractivity contribution < 1.29 is 17.6 Å². The summed E-state index contributed by atoms with van der Waals surface area (Å²) >= 11 is 1.06. The van der Waals surface area contributed by atoms with Crippen molar-refractivity contribution in [3.8, 4) is 11.6 Å². The van der Waals surface area contributed by atoms with Gasteiger partial charge in [-0.2, -0.15) is 13.2 Å². The van der Waals surface area contributed by atoms with Crippen LogP contribution < -0.4 is 5.73 Å². The second kappa shape index (κ2) is 8.68. The fraction of sp³-hybridized carbons (Fsp3) is 0.158. The average molecular weight is 445 g/mol. The summed E-state index contributed by atoms with van der Waals surface area (Å²) < 4.78 is 44.3. The zero-order valence-electron chi connectivity index (χ0n) is 15.7. The molecule has 158 valence electrons. The van der Waals surface area contributed by atoms with Gasteiger partial charge in [-0.05, 0) is 42.0 Å². The van der Waals surface area contributed by atoms with E-state index in [0.29, 0.717) is 22.0 Å². The smallest absolute Gasteiger partial charge is 0.395 e. The van der Waals surface area contributed by atoms with Crippen molar-refractivity contribution in [3.63, 3.8) is 0 Å². The molecule has 4 rings (SSSR count). The van der Waals surface area contributed by atoms with Crippen LogP contribution in [0.2, 0.25) is 0 Å². The van der Waals surface area contributed by atoms with Crippen molar-refractivity contribution in [2.75, 3.05) is 0 Å². The number of hydrogen-bond donors (Lipinski definition) is 1. The van der Waals surface area contributed by atoms with Gasteiger partial charge in [0.1, 0.15) is 10.7 Å². The van der Waals surface area contributed by atoms with Crippen molar-refractivity contribution in [2.45, 2.75) is 22.8 Å². The molecule has 3 aromatic heterocycles. The Bertz CT molecular complexity index is 1160. The molecule has 0 aromatic carbocycles. The molecule has 0 saturated heterocycles. The van der Waals surface area contributed by atoms with Gasteiger partial charge in [-0.25, -0.2) is 15.0 Å². The van der Waals surface area contributed by atoms with Crippen LogP contribution in [0.3, 0.4) is 0 Å². The lowest BCUT2D eigenvalue weighted by atomic mass is 9.95. The van der Waals surface area contributed by atoms with Crippen LogP contribution in [0, 0.1) is 5.92 Å². The molecule has 1 aliphatic carbocycles. The van der Waals surface area contributed by atoms with E-state index in [4.69, 9.17) is 10.2 Å². The van der Waals surface area contributed by atoms with Crippen LogP contribution in [0.25, 0.3) is 17.2 Å². The minimum absolute atomic E-state index is 0.0548. The van der Waals surface area contributed by atoms with E-state index in [1.54, 1.807) is 30.5 Å². The summed E-state index contributed by atoms with van der Waals surface area (Å²) in [5, 5.41) is 8.55. The fourth-order valence-electron chi connectivity index (χ4n) is 2.72. The van der Waals surface area contributed by atoms with Crippen molar-refractivity contribution in [3.05, 3.63) is 54.4 Å². The highest BCUT2D eigenvalue weighted by atomic mass is 32.2. The number of hydrogen-bond acceptors (Lipinski definition) is 8. The van der Waals surface area contributed by atoms with Gasteiger partial charge in [0.05, 0.1) is 18.0 Å². The summed E-state index contributed by atoms with van der Waals surface area (Å²) in [6, 6.07) is 6.90. The third kappa shape index (κ3) is 4.97. The summed E-state index contributed by atoms with van der Waals surface area (Å²) in [4.78, 5) is 16.5. The largest absolute Gasteiger partial charge is 0.409 e. The first-order valence-electron chi connectivity index (χ1n) is 8.94. The molecule has 0 fully saturated rings. The van der Waals surface area contributed by atoms with E-state index in [9.17, 15) is 13.2 Å². The Hall–Kier alpha value is -3.54. The summed E-state index contributed by atoms with van der Waals surface area (Å²) in [5.41, 5.74) is 6.80. The first kappa shape index (κ1) is 20.7. The van der Waals surface area contributed by atoms with E-state index in [1.807, 2.05) is 0 Å². The number of allylic oxidation sites excluding steroid dienone is 4. The monoisotopic (exact) mass is 445 g/mol. The molecule has 8 nitrogen and oxygen atoms in total. The van der Waals surface area contributed by atoms with Gasteiger partial charge in [0.25, 0.3) is 17.1 Å². The third-order valence-corrected chi connectivity index (χ3v) is 4.94. The molecule has 3 heterocycles. The Morgan fingerprint density at radius 2 is 2.06 bits per heavy atom. The van der Waals surface area contributed by atoms with Gasteiger partial charge in [0, 0.05) is 6.20 Å². The van der Waals surface area contributed by atoms with E-state index < -0.39 is 12.1 Å². The Labute approximate surface area is 178 Å². The normalized spacial score (nSPS) is 16.6. The van der Waals surface area contributed by atoms with Crippen LogP contribution >= 0.6 is 11.8 Å². The van der Waals surface area contributed by atoms with E-state index in [1.165, 1.54) is 12.2 Å². The molecule has 0 spiro atoms. The molecule has 0 bridgehead atoms. The van der Waals surface area contributed by atoms with E-state index in [-0.39, 0.29) is 23.5 Å². The van der Waals surface area contributed by atoms with Crippen molar-refractivity contribution in [1.29, 1.82) is 0 Å². The highest BCUT2D eigenvalue weighted by Gasteiger charge is 2.37. The molecule has 31 heavy (non-hydrogen) atoms. The molecule has 2 N–H and O–H groups in total. The van der Waals surface area contributed by atoms with Crippen LogP contribution in [-0.4, -0.2) is 37.7 Å². The maximum absolute atomic E-state index is 12.9. The zero-order valence-corrected chi connectivity index (χ0v) is 16.5. The maximum Gasteiger partial charge on any atom is 0.395 e. The molecule has 0 saturated carbocycles. The van der Waals surface area contributed by atoms with E-state index in [0.717, 1.165) is 24.2 Å². The number of nitrogens with two attached hydrogens (primary N) is 1. The lowest BCUT2D eigenvalue weighted by Crippen LogP contribution is -2.21. The SMILES string of the molecule is N/C=N\c1nc(Sc2nnc(-c3ccccn3)o2)cc(C2=CCC(C(F)(F)F)C=C2)n1. The van der Waals surface area contributed by atoms with Crippen molar-refractivity contribution in [2.24, 2.45) is 16.6 Å². The topological polar surface area (TPSA) is 116 Å². The lowest BCUT2D eigenvalue weighted by Gasteiger charge is -2.19. The number of aromatic nitrogens is 5. The standard InChI is InChI=1S/C19H14F3N7OS/c20-19(21,22)12-6-4-11(5-7-12)14-9-15(27-17(26-14)25-10-23)31-18-29-28-16(30-18)13-3-1-2-8-24-13/h1-6,8-10,12H,7H2,(H2,23,25,26,27). The van der Waals surface area contributed by atoms with Gasteiger partial charge in [-0.15, -0.1) is 10.2 Å². The first-order valence-corrected chi connectivity index (χ1v) is 9.75. The Morgan fingerprint density at radius 3 is 2.74 bits per heavy atom. The highest BCUT2D eigenvalue weighted by molar-refractivity contribution is 7.99. The quantitative estimate of drug-likeness (QED) is 0.353. The molecular formula is C19H14F3N7OS. The van der Waals surface area contributed by atoms with Gasteiger partial charge < -0.3 is 10.2 Å². The van der Waals surface area contributed by atoms with Crippen molar-refractivity contribution >= 4 is 29.6 Å². The van der Waals surface area contributed by atoms with Crippen LogP contribution in [0.15, 0.2) is 68.3 Å². The maximum atomic E-state index is 12.9. The molecule has 12 heteroatoms. The van der Waals surface area contributed by atoms with Crippen LogP contribution in [-0.2, 0) is 0 Å².